The molecule has 1 atom stereocenters. The summed E-state index contributed by atoms with van der Waals surface area (Å²) < 4.78 is 0. The topological polar surface area (TPSA) is 98.1 Å². The van der Waals surface area contributed by atoms with Crippen LogP contribution in [0.2, 0.25) is 0 Å². The molecule has 29 heavy (non-hydrogen) atoms. The molecule has 6 heteroatoms. The van der Waals surface area contributed by atoms with Crippen molar-refractivity contribution in [2.24, 2.45) is 5.41 Å². The van der Waals surface area contributed by atoms with Gasteiger partial charge in [-0.05, 0) is 13.3 Å². The highest BCUT2D eigenvalue weighted by Gasteiger charge is 2.43. The number of hydrogen-bond acceptors (Lipinski definition) is 4. The van der Waals surface area contributed by atoms with Gasteiger partial charge >= 0.3 is 5.97 Å². The van der Waals surface area contributed by atoms with E-state index in [1.165, 1.54) is 69.6 Å². The lowest BCUT2D eigenvalue weighted by molar-refractivity contribution is -0.160. The first-order chi connectivity index (χ1) is 13.9. The molecule has 0 aliphatic heterocycles. The van der Waals surface area contributed by atoms with E-state index in [-0.39, 0.29) is 32.7 Å². The Morgan fingerprint density at radius 1 is 0.724 bits per heavy atom. The summed E-state index contributed by atoms with van der Waals surface area (Å²) in [5.74, 6) is -1.66. The monoisotopic (exact) mass is 415 g/mol. The Balaban J connectivity index is 4.02. The van der Waals surface area contributed by atoms with Crippen molar-refractivity contribution in [1.82, 2.24) is 4.90 Å². The van der Waals surface area contributed by atoms with Crippen molar-refractivity contribution in [1.29, 1.82) is 0 Å². The zero-order valence-electron chi connectivity index (χ0n) is 18.8. The standard InChI is InChI=1S/C23H45NO5/c1-3-4-5-6-7-8-9-10-11-12-13-14-15-16-23(2,22(28)29)21(27)24(17-19-25)18-20-26/h25-26H,3-20H2,1-2H3,(H,28,29). The van der Waals surface area contributed by atoms with Crippen LogP contribution in [0.1, 0.15) is 104 Å². The number of aliphatic carboxylic acids is 1. The second kappa shape index (κ2) is 17.7. The number of carboxylic acids is 1. The Morgan fingerprint density at radius 3 is 1.45 bits per heavy atom. The van der Waals surface area contributed by atoms with Crippen LogP contribution in [0, 0.1) is 5.41 Å². The fourth-order valence-corrected chi connectivity index (χ4v) is 3.71. The average molecular weight is 416 g/mol. The second-order valence-corrected chi connectivity index (χ2v) is 8.37. The number of amides is 1. The van der Waals surface area contributed by atoms with Crippen LogP contribution in [-0.2, 0) is 9.59 Å². The second-order valence-electron chi connectivity index (χ2n) is 8.37. The molecule has 0 bridgehead atoms. The number of carboxylic acid groups (broad SMARTS) is 1. The Hall–Kier alpha value is -1.14. The van der Waals surface area contributed by atoms with Gasteiger partial charge in [0.1, 0.15) is 5.41 Å². The first-order valence-corrected chi connectivity index (χ1v) is 11.7. The van der Waals surface area contributed by atoms with Gasteiger partial charge in [-0.15, -0.1) is 0 Å². The summed E-state index contributed by atoms with van der Waals surface area (Å²) in [7, 11) is 0. The van der Waals surface area contributed by atoms with Crippen LogP contribution in [0.15, 0.2) is 0 Å². The first kappa shape index (κ1) is 27.9. The van der Waals surface area contributed by atoms with Gasteiger partial charge in [-0.2, -0.15) is 0 Å². The zero-order valence-corrected chi connectivity index (χ0v) is 18.8. The number of rotatable bonds is 20. The lowest BCUT2D eigenvalue weighted by Crippen LogP contribution is -2.48. The maximum absolute atomic E-state index is 12.7. The summed E-state index contributed by atoms with van der Waals surface area (Å²) in [5.41, 5.74) is -1.50. The molecule has 6 nitrogen and oxygen atoms in total. The molecule has 0 fully saturated rings. The predicted molar refractivity (Wildman–Crippen MR) is 117 cm³/mol. The highest BCUT2D eigenvalue weighted by atomic mass is 16.4. The van der Waals surface area contributed by atoms with Gasteiger partial charge in [0.25, 0.3) is 0 Å². The minimum atomic E-state index is -1.50. The molecule has 0 saturated carbocycles. The highest BCUT2D eigenvalue weighted by molar-refractivity contribution is 6.01. The zero-order chi connectivity index (χ0) is 22.0. The Bertz CT molecular complexity index is 423. The molecule has 0 aromatic rings. The molecule has 0 aromatic heterocycles. The predicted octanol–water partition coefficient (Wildman–Crippen LogP) is 4.37. The lowest BCUT2D eigenvalue weighted by atomic mass is 9.83. The van der Waals surface area contributed by atoms with E-state index in [0.29, 0.717) is 6.42 Å². The third kappa shape index (κ3) is 12.2. The molecule has 172 valence electrons. The number of unbranched alkanes of at least 4 members (excludes halogenated alkanes) is 12. The normalized spacial score (nSPS) is 13.2. The number of carbonyl (C=O) groups excluding carboxylic acids is 1. The minimum absolute atomic E-state index is 0.0425. The third-order valence-electron chi connectivity index (χ3n) is 5.75. The number of carbonyl (C=O) groups is 2. The Morgan fingerprint density at radius 2 is 1.10 bits per heavy atom. The molecular weight excluding hydrogens is 370 g/mol. The maximum atomic E-state index is 12.7. The summed E-state index contributed by atoms with van der Waals surface area (Å²) in [5, 5.41) is 27.8. The molecule has 0 spiro atoms. The summed E-state index contributed by atoms with van der Waals surface area (Å²) in [4.78, 5) is 25.7. The fraction of sp³-hybridized carbons (Fsp3) is 0.913. The quantitative estimate of drug-likeness (QED) is 0.203. The van der Waals surface area contributed by atoms with Crippen LogP contribution in [-0.4, -0.2) is 58.4 Å². The van der Waals surface area contributed by atoms with Crippen molar-refractivity contribution >= 4 is 11.9 Å². The summed E-state index contributed by atoms with van der Waals surface area (Å²) in [6.07, 6.45) is 16.0. The summed E-state index contributed by atoms with van der Waals surface area (Å²) >= 11 is 0. The van der Waals surface area contributed by atoms with Crippen LogP contribution in [0.25, 0.3) is 0 Å². The van der Waals surface area contributed by atoms with E-state index in [9.17, 15) is 14.7 Å². The third-order valence-corrected chi connectivity index (χ3v) is 5.75. The van der Waals surface area contributed by atoms with Gasteiger partial charge in [0.05, 0.1) is 13.2 Å². The van der Waals surface area contributed by atoms with Crippen molar-refractivity contribution < 1.29 is 24.9 Å². The molecule has 0 aliphatic rings. The fourth-order valence-electron chi connectivity index (χ4n) is 3.71. The van der Waals surface area contributed by atoms with Gasteiger partial charge in [-0.1, -0.05) is 90.4 Å². The van der Waals surface area contributed by atoms with Gasteiger partial charge in [-0.3, -0.25) is 9.59 Å². The van der Waals surface area contributed by atoms with Crippen molar-refractivity contribution in [3.8, 4) is 0 Å². The number of hydrogen-bond donors (Lipinski definition) is 3. The summed E-state index contributed by atoms with van der Waals surface area (Å²) in [6.45, 7) is 3.28. The van der Waals surface area contributed by atoms with Gasteiger partial charge < -0.3 is 20.2 Å². The van der Waals surface area contributed by atoms with E-state index in [0.717, 1.165) is 19.3 Å². The molecule has 0 aromatic carbocycles. The molecule has 3 N–H and O–H groups in total. The van der Waals surface area contributed by atoms with E-state index >= 15 is 0 Å². The van der Waals surface area contributed by atoms with Crippen LogP contribution >= 0.6 is 0 Å². The number of nitrogens with zero attached hydrogens (tertiary/aromatic N) is 1. The summed E-state index contributed by atoms with van der Waals surface area (Å²) in [6, 6.07) is 0. The smallest absolute Gasteiger partial charge is 0.318 e. The van der Waals surface area contributed by atoms with Crippen molar-refractivity contribution in [3.05, 3.63) is 0 Å². The Kier molecular flexibility index (Phi) is 17.0. The van der Waals surface area contributed by atoms with E-state index in [1.807, 2.05) is 0 Å². The molecule has 1 unspecified atom stereocenters. The van der Waals surface area contributed by atoms with Crippen molar-refractivity contribution in [2.45, 2.75) is 104 Å². The van der Waals surface area contributed by atoms with Gasteiger partial charge in [0.15, 0.2) is 0 Å². The van der Waals surface area contributed by atoms with Crippen LogP contribution < -0.4 is 0 Å². The first-order valence-electron chi connectivity index (χ1n) is 11.7. The van der Waals surface area contributed by atoms with Crippen LogP contribution in [0.4, 0.5) is 0 Å². The number of aliphatic hydroxyl groups excluding tert-OH is 2. The molecule has 0 saturated heterocycles. The van der Waals surface area contributed by atoms with E-state index in [1.54, 1.807) is 0 Å². The van der Waals surface area contributed by atoms with E-state index < -0.39 is 17.3 Å². The van der Waals surface area contributed by atoms with Crippen LogP contribution in [0.3, 0.4) is 0 Å². The van der Waals surface area contributed by atoms with Gasteiger partial charge in [-0.25, -0.2) is 0 Å². The largest absolute Gasteiger partial charge is 0.480 e. The van der Waals surface area contributed by atoms with E-state index in [2.05, 4.69) is 6.92 Å². The molecule has 0 radical (unpaired) electrons. The average Bonchev–Trinajstić information content (AvgIpc) is 2.70. The molecule has 1 amide bonds. The van der Waals surface area contributed by atoms with Gasteiger partial charge in [0, 0.05) is 13.1 Å². The highest BCUT2D eigenvalue weighted by Crippen LogP contribution is 2.28. The molecule has 0 rings (SSSR count). The Labute approximate surface area is 177 Å². The van der Waals surface area contributed by atoms with Crippen molar-refractivity contribution in [3.63, 3.8) is 0 Å². The van der Waals surface area contributed by atoms with Gasteiger partial charge in [0.2, 0.25) is 5.91 Å². The van der Waals surface area contributed by atoms with Crippen molar-refractivity contribution in [2.75, 3.05) is 26.3 Å². The molecule has 0 heterocycles. The molecule has 0 aliphatic carbocycles. The number of aliphatic hydroxyl groups is 2. The lowest BCUT2D eigenvalue weighted by Gasteiger charge is -2.31. The minimum Gasteiger partial charge on any atom is -0.480 e. The maximum Gasteiger partial charge on any atom is 0.318 e. The molecular formula is C23H45NO5. The SMILES string of the molecule is CCCCCCCCCCCCCCCC(C)(C(=O)O)C(=O)N(CCO)CCO. The van der Waals surface area contributed by atoms with E-state index in [4.69, 9.17) is 10.2 Å². The van der Waals surface area contributed by atoms with Crippen LogP contribution in [0.5, 0.6) is 0 Å².